The van der Waals surface area contributed by atoms with E-state index in [-0.39, 0.29) is 30.0 Å². The smallest absolute Gasteiger partial charge is 0.416 e. The highest BCUT2D eigenvalue weighted by Gasteiger charge is 2.31. The molecule has 0 saturated heterocycles. The molecule has 0 amide bonds. The second-order valence-corrected chi connectivity index (χ2v) is 10.5. The number of nitrogens with one attached hydrogen (secondary N) is 1. The summed E-state index contributed by atoms with van der Waals surface area (Å²) in [6.45, 7) is 1.06. The number of carbonyl (C=O) groups excluding carboxylic acids is 1. The lowest BCUT2D eigenvalue weighted by molar-refractivity contribution is -0.137. The van der Waals surface area contributed by atoms with Gasteiger partial charge in [0.2, 0.25) is 5.82 Å². The first kappa shape index (κ1) is 27.7. The molecule has 2 aromatic carbocycles. The van der Waals surface area contributed by atoms with Crippen molar-refractivity contribution in [3.63, 3.8) is 0 Å². The number of aromatic nitrogens is 4. The zero-order valence-electron chi connectivity index (χ0n) is 22.9. The molecule has 4 aromatic rings. The number of benzene rings is 2. The number of rotatable bonds is 9. The van der Waals surface area contributed by atoms with Gasteiger partial charge in [0.05, 0.1) is 19.2 Å². The molecule has 1 N–H and O–H groups in total. The quantitative estimate of drug-likeness (QED) is 0.250. The van der Waals surface area contributed by atoms with Crippen molar-refractivity contribution in [2.45, 2.75) is 44.4 Å². The average molecular weight is 579 g/mol. The van der Waals surface area contributed by atoms with Gasteiger partial charge < -0.3 is 19.4 Å². The van der Waals surface area contributed by atoms with E-state index in [1.165, 1.54) is 38.5 Å². The van der Waals surface area contributed by atoms with E-state index in [0.717, 1.165) is 24.1 Å². The molecule has 42 heavy (non-hydrogen) atoms. The summed E-state index contributed by atoms with van der Waals surface area (Å²) in [6.07, 6.45) is 0.0890. The fourth-order valence-electron chi connectivity index (χ4n) is 5.16. The van der Waals surface area contributed by atoms with Crippen LogP contribution in [-0.2, 0) is 22.2 Å². The van der Waals surface area contributed by atoms with E-state index in [0.29, 0.717) is 41.8 Å². The van der Waals surface area contributed by atoms with Crippen LogP contribution in [0.3, 0.4) is 0 Å². The summed E-state index contributed by atoms with van der Waals surface area (Å²) in [4.78, 5) is 30.8. The Labute approximate surface area is 239 Å². The summed E-state index contributed by atoms with van der Waals surface area (Å²) in [5, 5.41) is 3.35. The van der Waals surface area contributed by atoms with Gasteiger partial charge in [-0.3, -0.25) is 0 Å². The molecular weight excluding hydrogens is 549 g/mol. The molecule has 0 spiro atoms. The maximum absolute atomic E-state index is 13.2. The number of hydrogen-bond acceptors (Lipinski definition) is 8. The van der Waals surface area contributed by atoms with Crippen LogP contribution in [0.1, 0.15) is 64.9 Å². The molecule has 2 aromatic heterocycles. The minimum Gasteiger partial charge on any atom is -0.473 e. The Morgan fingerprint density at radius 1 is 1.07 bits per heavy atom. The molecule has 1 aliphatic carbocycles. The highest BCUT2D eigenvalue weighted by Crippen LogP contribution is 2.32. The largest absolute Gasteiger partial charge is 0.473 e. The number of halogens is 3. The van der Waals surface area contributed by atoms with Crippen molar-refractivity contribution in [2.24, 2.45) is 10.9 Å². The Morgan fingerprint density at radius 2 is 1.83 bits per heavy atom. The van der Waals surface area contributed by atoms with Crippen LogP contribution in [0.2, 0.25) is 0 Å². The Hall–Kier alpha value is -4.48. The molecular formula is C30H29F3N6O3. The Bertz CT molecular complexity index is 1620. The number of anilines is 1. The van der Waals surface area contributed by atoms with Crippen LogP contribution < -0.4 is 5.32 Å². The zero-order chi connectivity index (χ0) is 29.3. The molecule has 0 bridgehead atoms. The summed E-state index contributed by atoms with van der Waals surface area (Å²) >= 11 is 0. The minimum absolute atomic E-state index is 0.139. The Balaban J connectivity index is 1.44. The molecule has 1 aliphatic heterocycles. The molecule has 0 unspecified atom stereocenters. The number of hydrogen-bond donors (Lipinski definition) is 1. The molecule has 3 heterocycles. The predicted molar refractivity (Wildman–Crippen MR) is 149 cm³/mol. The van der Waals surface area contributed by atoms with Gasteiger partial charge in [-0.2, -0.15) is 13.2 Å². The molecule has 12 heteroatoms. The van der Waals surface area contributed by atoms with E-state index in [9.17, 15) is 18.0 Å². The van der Waals surface area contributed by atoms with E-state index in [1.807, 2.05) is 30.3 Å². The molecule has 9 nitrogen and oxygen atoms in total. The van der Waals surface area contributed by atoms with E-state index < -0.39 is 17.7 Å². The van der Waals surface area contributed by atoms with Crippen LogP contribution in [0.15, 0.2) is 59.6 Å². The molecule has 1 saturated carbocycles. The second-order valence-electron chi connectivity index (χ2n) is 10.5. The van der Waals surface area contributed by atoms with Gasteiger partial charge in [0.15, 0.2) is 17.3 Å². The standard InChI is InChI=1S/C30H29F3N6O3/c1-41-29(40)26-36-24(34-15-14-18-6-5-7-18)23-25(37-26)38-27(28-35-22(17-42-28)20-8-3-2-4-9-20)39(23)16-19-10-12-21(13-11-19)30(31,32)33/h2-4,8-13,18,22H,5-7,14-17H2,1H3,(H,34,36,37)/t22-/m0/s1. The molecule has 0 radical (unpaired) electrons. The summed E-state index contributed by atoms with van der Waals surface area (Å²) < 4.78 is 52.4. The van der Waals surface area contributed by atoms with Gasteiger partial charge >= 0.3 is 12.1 Å². The summed E-state index contributed by atoms with van der Waals surface area (Å²) in [7, 11) is 1.25. The van der Waals surface area contributed by atoms with Crippen LogP contribution in [0.5, 0.6) is 0 Å². The zero-order valence-corrected chi connectivity index (χ0v) is 22.9. The van der Waals surface area contributed by atoms with Crippen molar-refractivity contribution in [3.8, 4) is 0 Å². The molecule has 2 aliphatic rings. The lowest BCUT2D eigenvalue weighted by Crippen LogP contribution is -2.18. The number of methoxy groups -OCH3 is 1. The lowest BCUT2D eigenvalue weighted by atomic mass is 9.83. The Kier molecular flexibility index (Phi) is 7.53. The third kappa shape index (κ3) is 5.65. The molecule has 6 rings (SSSR count). The van der Waals surface area contributed by atoms with Gasteiger partial charge in [-0.05, 0) is 35.6 Å². The Morgan fingerprint density at radius 3 is 2.50 bits per heavy atom. The maximum atomic E-state index is 13.2. The number of esters is 1. The summed E-state index contributed by atoms with van der Waals surface area (Å²) in [5.74, 6) is 0.757. The first-order valence-corrected chi connectivity index (χ1v) is 13.8. The van der Waals surface area contributed by atoms with Crippen molar-refractivity contribution in [1.29, 1.82) is 0 Å². The average Bonchev–Trinajstić information content (AvgIpc) is 3.59. The van der Waals surface area contributed by atoms with Gasteiger partial charge in [-0.25, -0.2) is 24.7 Å². The third-order valence-corrected chi connectivity index (χ3v) is 7.69. The van der Waals surface area contributed by atoms with Crippen LogP contribution in [0.25, 0.3) is 11.2 Å². The molecule has 1 atom stereocenters. The number of ether oxygens (including phenoxy) is 2. The highest BCUT2D eigenvalue weighted by molar-refractivity contribution is 5.98. The van der Waals surface area contributed by atoms with E-state index in [4.69, 9.17) is 19.5 Å². The fraction of sp³-hybridized carbons (Fsp3) is 0.367. The van der Waals surface area contributed by atoms with E-state index in [1.54, 1.807) is 4.57 Å². The number of imidazole rings is 1. The van der Waals surface area contributed by atoms with Gasteiger partial charge in [0, 0.05) is 6.54 Å². The minimum atomic E-state index is -4.44. The first-order valence-electron chi connectivity index (χ1n) is 13.8. The SMILES string of the molecule is COC(=O)c1nc(NCCC2CCC2)c2c(n1)nc(C1=N[C@H](c3ccccc3)CO1)n2Cc1ccc(C(F)(F)F)cc1. The van der Waals surface area contributed by atoms with Crippen molar-refractivity contribution in [2.75, 3.05) is 25.6 Å². The number of nitrogens with zero attached hydrogens (tertiary/aromatic N) is 5. The van der Waals surface area contributed by atoms with Crippen molar-refractivity contribution < 1.29 is 27.4 Å². The number of aliphatic imine (C=N–C) groups is 1. The topological polar surface area (TPSA) is 104 Å². The first-order chi connectivity index (χ1) is 20.3. The van der Waals surface area contributed by atoms with Crippen LogP contribution in [0, 0.1) is 5.92 Å². The lowest BCUT2D eigenvalue weighted by Gasteiger charge is -2.25. The number of alkyl halides is 3. The highest BCUT2D eigenvalue weighted by atomic mass is 19.4. The fourth-order valence-corrected chi connectivity index (χ4v) is 5.16. The van der Waals surface area contributed by atoms with Crippen LogP contribution in [-0.4, -0.2) is 51.6 Å². The summed E-state index contributed by atoms with van der Waals surface area (Å²) in [5.41, 5.74) is 1.54. The molecule has 1 fully saturated rings. The van der Waals surface area contributed by atoms with Crippen molar-refractivity contribution in [1.82, 2.24) is 19.5 Å². The van der Waals surface area contributed by atoms with Crippen LogP contribution >= 0.6 is 0 Å². The third-order valence-electron chi connectivity index (χ3n) is 7.69. The van der Waals surface area contributed by atoms with Crippen molar-refractivity contribution >= 4 is 28.8 Å². The summed E-state index contributed by atoms with van der Waals surface area (Å²) in [6, 6.07) is 14.4. The normalized spacial score (nSPS) is 17.0. The van der Waals surface area contributed by atoms with Crippen molar-refractivity contribution in [3.05, 3.63) is 82.9 Å². The van der Waals surface area contributed by atoms with Gasteiger partial charge in [0.25, 0.3) is 5.90 Å². The number of fused-ring (bicyclic) bond motifs is 1. The van der Waals surface area contributed by atoms with Gasteiger partial charge in [-0.1, -0.05) is 61.7 Å². The monoisotopic (exact) mass is 578 g/mol. The number of carbonyl (C=O) groups is 1. The van der Waals surface area contributed by atoms with Crippen LogP contribution in [0.4, 0.5) is 19.0 Å². The van der Waals surface area contributed by atoms with Gasteiger partial charge in [-0.15, -0.1) is 0 Å². The van der Waals surface area contributed by atoms with E-state index in [2.05, 4.69) is 15.3 Å². The predicted octanol–water partition coefficient (Wildman–Crippen LogP) is 5.80. The second kappa shape index (κ2) is 11.4. The molecule has 218 valence electrons. The van der Waals surface area contributed by atoms with Gasteiger partial charge in [0.1, 0.15) is 18.2 Å². The maximum Gasteiger partial charge on any atom is 0.416 e. The van der Waals surface area contributed by atoms with E-state index >= 15 is 0 Å².